The Balaban J connectivity index is 1.61. The van der Waals surface area contributed by atoms with Crippen LogP contribution in [0, 0.1) is 11.3 Å². The monoisotopic (exact) mass is 398 g/mol. The fourth-order valence-electron chi connectivity index (χ4n) is 3.83. The zero-order chi connectivity index (χ0) is 19.6. The lowest BCUT2D eigenvalue weighted by atomic mass is 10.0. The molecule has 28 heavy (non-hydrogen) atoms. The molecule has 4 rings (SSSR count). The van der Waals surface area contributed by atoms with Gasteiger partial charge in [-0.3, -0.25) is 0 Å². The van der Waals surface area contributed by atoms with Crippen molar-refractivity contribution in [2.75, 3.05) is 19.8 Å². The van der Waals surface area contributed by atoms with E-state index in [1.807, 2.05) is 18.2 Å². The molecule has 0 bridgehead atoms. The summed E-state index contributed by atoms with van der Waals surface area (Å²) in [5, 5.41) is 9.26. The maximum Gasteiger partial charge on any atom is 0.218 e. The molecule has 7 heteroatoms. The van der Waals surface area contributed by atoms with Gasteiger partial charge >= 0.3 is 0 Å². The van der Waals surface area contributed by atoms with Crippen LogP contribution in [0.4, 0.5) is 0 Å². The van der Waals surface area contributed by atoms with E-state index in [1.165, 1.54) is 0 Å². The Hall–Kier alpha value is -2.56. The van der Waals surface area contributed by atoms with E-state index in [9.17, 15) is 13.7 Å². The van der Waals surface area contributed by atoms with E-state index in [0.717, 1.165) is 24.8 Å². The van der Waals surface area contributed by atoms with Crippen LogP contribution in [0.2, 0.25) is 0 Å². The number of nitriles is 1. The van der Waals surface area contributed by atoms with Gasteiger partial charge in [0.1, 0.15) is 0 Å². The lowest BCUT2D eigenvalue weighted by Crippen LogP contribution is -2.32. The molecule has 0 aliphatic carbocycles. The van der Waals surface area contributed by atoms with Gasteiger partial charge in [0.15, 0.2) is 11.5 Å². The van der Waals surface area contributed by atoms with Gasteiger partial charge in [-0.25, -0.2) is 8.42 Å². The van der Waals surface area contributed by atoms with Gasteiger partial charge in [0.25, 0.3) is 0 Å². The molecule has 0 radical (unpaired) electrons. The van der Waals surface area contributed by atoms with Crippen LogP contribution < -0.4 is 9.47 Å². The summed E-state index contributed by atoms with van der Waals surface area (Å²) in [5.41, 5.74) is 1.85. The van der Waals surface area contributed by atoms with Crippen molar-refractivity contribution < 1.29 is 17.9 Å². The highest BCUT2D eigenvalue weighted by Gasteiger charge is 2.36. The van der Waals surface area contributed by atoms with E-state index in [2.05, 4.69) is 6.07 Å². The van der Waals surface area contributed by atoms with E-state index in [-0.39, 0.29) is 11.8 Å². The summed E-state index contributed by atoms with van der Waals surface area (Å²) < 4.78 is 39.3. The number of nitrogens with zero attached hydrogens (tertiary/aromatic N) is 2. The molecule has 0 aromatic heterocycles. The normalized spacial score (nSPS) is 19.8. The average Bonchev–Trinajstić information content (AvgIpc) is 3.08. The summed E-state index contributed by atoms with van der Waals surface area (Å²) in [6.45, 7) is 1.69. The molecule has 1 atom stereocenters. The second-order valence-corrected chi connectivity index (χ2v) is 8.97. The van der Waals surface area contributed by atoms with Crippen LogP contribution in [-0.4, -0.2) is 32.5 Å². The third-order valence-corrected chi connectivity index (χ3v) is 7.02. The number of hydrogen-bond acceptors (Lipinski definition) is 5. The molecule has 0 amide bonds. The highest BCUT2D eigenvalue weighted by atomic mass is 32.2. The molecule has 146 valence electrons. The molecular weight excluding hydrogens is 376 g/mol. The van der Waals surface area contributed by atoms with Crippen LogP contribution in [0.5, 0.6) is 11.5 Å². The Morgan fingerprint density at radius 3 is 2.68 bits per heavy atom. The van der Waals surface area contributed by atoms with Gasteiger partial charge in [-0.1, -0.05) is 24.3 Å². The van der Waals surface area contributed by atoms with E-state index >= 15 is 0 Å². The summed E-state index contributed by atoms with van der Waals surface area (Å²) in [7, 11) is -3.56. The first-order chi connectivity index (χ1) is 13.6. The topological polar surface area (TPSA) is 79.6 Å². The quantitative estimate of drug-likeness (QED) is 0.789. The van der Waals surface area contributed by atoms with Crippen molar-refractivity contribution in [2.45, 2.75) is 31.1 Å². The molecule has 0 unspecified atom stereocenters. The van der Waals surface area contributed by atoms with Gasteiger partial charge < -0.3 is 9.47 Å². The molecular formula is C21H22N2O4S. The Morgan fingerprint density at radius 1 is 1.07 bits per heavy atom. The van der Waals surface area contributed by atoms with Crippen molar-refractivity contribution in [1.82, 2.24) is 4.31 Å². The summed E-state index contributed by atoms with van der Waals surface area (Å²) in [5.74, 6) is 1.21. The van der Waals surface area contributed by atoms with Crippen molar-refractivity contribution in [1.29, 1.82) is 5.26 Å². The Bertz CT molecular complexity index is 1010. The number of rotatable bonds is 4. The molecule has 1 saturated heterocycles. The second kappa shape index (κ2) is 7.82. The summed E-state index contributed by atoms with van der Waals surface area (Å²) in [4.78, 5) is 0. The number of benzene rings is 2. The molecule has 2 aromatic carbocycles. The number of sulfonamides is 1. The first-order valence-electron chi connectivity index (χ1n) is 9.45. The van der Waals surface area contributed by atoms with E-state index in [4.69, 9.17) is 9.47 Å². The predicted molar refractivity (Wildman–Crippen MR) is 105 cm³/mol. The molecule has 2 aromatic rings. The van der Waals surface area contributed by atoms with Crippen molar-refractivity contribution in [3.05, 3.63) is 59.2 Å². The fourth-order valence-corrected chi connectivity index (χ4v) is 5.66. The van der Waals surface area contributed by atoms with E-state index in [0.29, 0.717) is 42.4 Å². The molecule has 2 aliphatic heterocycles. The van der Waals surface area contributed by atoms with Crippen molar-refractivity contribution >= 4 is 10.0 Å². The first-order valence-corrected chi connectivity index (χ1v) is 11.1. The van der Waals surface area contributed by atoms with Gasteiger partial charge in [0, 0.05) is 19.0 Å². The highest BCUT2D eigenvalue weighted by Crippen LogP contribution is 2.39. The predicted octanol–water partition coefficient (Wildman–Crippen LogP) is 3.39. The summed E-state index contributed by atoms with van der Waals surface area (Å²) in [6, 6.07) is 14.4. The molecule has 1 fully saturated rings. The molecule has 0 N–H and O–H groups in total. The van der Waals surface area contributed by atoms with Gasteiger partial charge in [0.05, 0.1) is 30.6 Å². The van der Waals surface area contributed by atoms with Crippen molar-refractivity contribution in [3.8, 4) is 17.6 Å². The lowest BCUT2D eigenvalue weighted by Gasteiger charge is -2.25. The van der Waals surface area contributed by atoms with Crippen LogP contribution in [0.3, 0.4) is 0 Å². The largest absolute Gasteiger partial charge is 0.490 e. The molecule has 2 aliphatic rings. The number of hydrogen-bond donors (Lipinski definition) is 0. The van der Waals surface area contributed by atoms with Gasteiger partial charge in [0.2, 0.25) is 10.0 Å². The minimum absolute atomic E-state index is 0.169. The van der Waals surface area contributed by atoms with Crippen LogP contribution in [0.1, 0.15) is 42.0 Å². The second-order valence-electron chi connectivity index (χ2n) is 7.05. The minimum atomic E-state index is -3.56. The average molecular weight is 398 g/mol. The SMILES string of the molecule is N#Cc1ccccc1CS(=O)(=O)N1CCC[C@@H]1c1ccc2c(c1)OCCCO2. The van der Waals surface area contributed by atoms with E-state index < -0.39 is 10.0 Å². The minimum Gasteiger partial charge on any atom is -0.490 e. The number of ether oxygens (including phenoxy) is 2. The van der Waals surface area contributed by atoms with Gasteiger partial charge in [-0.15, -0.1) is 0 Å². The van der Waals surface area contributed by atoms with E-state index in [1.54, 1.807) is 28.6 Å². The van der Waals surface area contributed by atoms with Crippen LogP contribution >= 0.6 is 0 Å². The fraction of sp³-hybridized carbons (Fsp3) is 0.381. The summed E-state index contributed by atoms with van der Waals surface area (Å²) in [6.07, 6.45) is 2.39. The van der Waals surface area contributed by atoms with Crippen molar-refractivity contribution in [2.24, 2.45) is 0 Å². The first kappa shape index (κ1) is 18.8. The van der Waals surface area contributed by atoms with Crippen molar-refractivity contribution in [3.63, 3.8) is 0 Å². The maximum absolute atomic E-state index is 13.2. The number of fused-ring (bicyclic) bond motifs is 1. The maximum atomic E-state index is 13.2. The van der Waals surface area contributed by atoms with Crippen LogP contribution in [0.15, 0.2) is 42.5 Å². The zero-order valence-electron chi connectivity index (χ0n) is 15.5. The standard InChI is InChI=1S/C21H22N2O4S/c22-14-17-5-1-2-6-18(17)15-28(24,25)23-10-3-7-19(23)16-8-9-20-21(13-16)27-12-4-11-26-20/h1-2,5-6,8-9,13,19H,3-4,7,10-12,15H2/t19-/m1/s1. The summed E-state index contributed by atoms with van der Waals surface area (Å²) >= 11 is 0. The Morgan fingerprint density at radius 2 is 1.86 bits per heavy atom. The molecule has 2 heterocycles. The zero-order valence-corrected chi connectivity index (χ0v) is 16.3. The van der Waals surface area contributed by atoms with Gasteiger partial charge in [-0.2, -0.15) is 9.57 Å². The molecule has 6 nitrogen and oxygen atoms in total. The Kier molecular flexibility index (Phi) is 5.25. The third kappa shape index (κ3) is 3.71. The Labute approximate surface area is 165 Å². The van der Waals surface area contributed by atoms with Gasteiger partial charge in [-0.05, 0) is 42.2 Å². The molecule has 0 spiro atoms. The lowest BCUT2D eigenvalue weighted by molar-refractivity contribution is 0.296. The smallest absolute Gasteiger partial charge is 0.218 e. The highest BCUT2D eigenvalue weighted by molar-refractivity contribution is 7.88. The third-order valence-electron chi connectivity index (χ3n) is 5.19. The van der Waals surface area contributed by atoms with Crippen LogP contribution in [0.25, 0.3) is 0 Å². The van der Waals surface area contributed by atoms with Crippen LogP contribution in [-0.2, 0) is 15.8 Å². The molecule has 0 saturated carbocycles.